The lowest BCUT2D eigenvalue weighted by molar-refractivity contribution is -0.111. The van der Waals surface area contributed by atoms with Crippen LogP contribution < -0.4 is 0 Å². The summed E-state index contributed by atoms with van der Waals surface area (Å²) in [5.41, 5.74) is 1.53. The van der Waals surface area contributed by atoms with E-state index < -0.39 is 23.1 Å². The highest BCUT2D eigenvalue weighted by Gasteiger charge is 2.16. The van der Waals surface area contributed by atoms with Crippen LogP contribution in [-0.2, 0) is 9.59 Å². The number of ketones is 4. The van der Waals surface area contributed by atoms with Crippen LogP contribution in [0.2, 0.25) is 0 Å². The van der Waals surface area contributed by atoms with Gasteiger partial charge in [-0.2, -0.15) is 0 Å². The smallest absolute Gasteiger partial charge is 0.232 e. The first-order chi connectivity index (χ1) is 15.4. The van der Waals surface area contributed by atoms with Crippen molar-refractivity contribution in [3.63, 3.8) is 0 Å². The molecule has 0 amide bonds. The monoisotopic (exact) mass is 462 g/mol. The quantitative estimate of drug-likeness (QED) is 0.242. The minimum atomic E-state index is -0.742. The van der Waals surface area contributed by atoms with Gasteiger partial charge in [0.2, 0.25) is 23.1 Å². The van der Waals surface area contributed by atoms with E-state index in [1.54, 1.807) is 84.9 Å². The van der Waals surface area contributed by atoms with Crippen molar-refractivity contribution < 1.29 is 19.2 Å². The molecule has 0 heterocycles. The van der Waals surface area contributed by atoms with Crippen molar-refractivity contribution >= 4 is 56.4 Å². The Hall–Kier alpha value is -3.60. The first kappa shape index (κ1) is 23.1. The fourth-order valence-corrected chi connectivity index (χ4v) is 3.23. The zero-order valence-corrected chi connectivity index (χ0v) is 18.1. The highest BCUT2D eigenvalue weighted by molar-refractivity contribution is 6.57. The molecule has 3 aromatic carbocycles. The van der Waals surface area contributed by atoms with Crippen molar-refractivity contribution in [3.8, 4) is 0 Å². The molecule has 0 atom stereocenters. The van der Waals surface area contributed by atoms with E-state index in [9.17, 15) is 19.2 Å². The highest BCUT2D eigenvalue weighted by Crippen LogP contribution is 2.24. The number of allylic oxidation sites excluding steroid dienone is 2. The van der Waals surface area contributed by atoms with Crippen LogP contribution in [-0.4, -0.2) is 23.1 Å². The second-order valence-electron chi connectivity index (χ2n) is 6.68. The van der Waals surface area contributed by atoms with E-state index in [0.717, 1.165) is 12.2 Å². The molecule has 0 unspecified atom stereocenters. The molecule has 0 aliphatic carbocycles. The maximum atomic E-state index is 12.2. The van der Waals surface area contributed by atoms with Gasteiger partial charge in [0.05, 0.1) is 10.1 Å². The predicted molar refractivity (Wildman–Crippen MR) is 126 cm³/mol. The van der Waals surface area contributed by atoms with Crippen LogP contribution in [0.15, 0.2) is 97.1 Å². The first-order valence-corrected chi connectivity index (χ1v) is 10.2. The van der Waals surface area contributed by atoms with Gasteiger partial charge in [-0.3, -0.25) is 19.2 Å². The number of carbonyl (C=O) groups excluding carboxylic acids is 4. The standard InChI is InChI=1S/C26H16Cl2O4/c27-21(15-23(29)25(31)19-7-3-1-4-8-19)17-11-13-18(14-12-17)22(28)16-24(30)26(32)20-9-5-2-6-10-20/h1-16H/b21-15-,22-16-. The van der Waals surface area contributed by atoms with E-state index in [-0.39, 0.29) is 21.2 Å². The molecule has 0 saturated carbocycles. The molecular formula is C26H16Cl2O4. The lowest BCUT2D eigenvalue weighted by Gasteiger charge is -2.03. The maximum absolute atomic E-state index is 12.2. The van der Waals surface area contributed by atoms with E-state index in [0.29, 0.717) is 11.1 Å². The Labute approximate surface area is 194 Å². The number of benzene rings is 3. The van der Waals surface area contributed by atoms with Crippen molar-refractivity contribution in [1.82, 2.24) is 0 Å². The first-order valence-electron chi connectivity index (χ1n) is 9.49. The molecule has 6 heteroatoms. The Bertz CT molecular complexity index is 1130. The summed E-state index contributed by atoms with van der Waals surface area (Å²) in [7, 11) is 0. The fourth-order valence-electron chi connectivity index (χ4n) is 2.78. The van der Waals surface area contributed by atoms with E-state index in [1.165, 1.54) is 0 Å². The Morgan fingerprint density at radius 3 is 1.09 bits per heavy atom. The average molecular weight is 463 g/mol. The Morgan fingerprint density at radius 2 is 0.781 bits per heavy atom. The van der Waals surface area contributed by atoms with Crippen LogP contribution in [0.25, 0.3) is 10.1 Å². The second-order valence-corrected chi connectivity index (χ2v) is 7.50. The summed E-state index contributed by atoms with van der Waals surface area (Å²) >= 11 is 12.4. The summed E-state index contributed by atoms with van der Waals surface area (Å²) in [6.45, 7) is 0. The van der Waals surface area contributed by atoms with Crippen molar-refractivity contribution in [1.29, 1.82) is 0 Å². The minimum Gasteiger partial charge on any atom is -0.285 e. The number of Topliss-reactive ketones (excluding diaryl/α,β-unsaturated/α-hetero) is 2. The third-order valence-electron chi connectivity index (χ3n) is 4.47. The second kappa shape index (κ2) is 10.6. The topological polar surface area (TPSA) is 68.3 Å². The number of carbonyl (C=O) groups is 4. The van der Waals surface area contributed by atoms with Gasteiger partial charge in [0.1, 0.15) is 0 Å². The molecule has 158 valence electrons. The molecule has 3 rings (SSSR count). The molecule has 32 heavy (non-hydrogen) atoms. The van der Waals surface area contributed by atoms with Crippen molar-refractivity contribution in [3.05, 3.63) is 119 Å². The van der Waals surface area contributed by atoms with Crippen LogP contribution in [0.3, 0.4) is 0 Å². The molecule has 0 radical (unpaired) electrons. The summed E-state index contributed by atoms with van der Waals surface area (Å²) in [6.07, 6.45) is 2.12. The normalized spacial score (nSPS) is 11.7. The third-order valence-corrected chi connectivity index (χ3v) is 5.13. The summed E-state index contributed by atoms with van der Waals surface area (Å²) < 4.78 is 0. The van der Waals surface area contributed by atoms with Crippen LogP contribution in [0.4, 0.5) is 0 Å². The summed E-state index contributed by atoms with van der Waals surface area (Å²) in [4.78, 5) is 48.7. The van der Waals surface area contributed by atoms with Gasteiger partial charge in [0, 0.05) is 23.3 Å². The molecule has 0 N–H and O–H groups in total. The van der Waals surface area contributed by atoms with E-state index >= 15 is 0 Å². The molecule has 0 aliphatic heterocycles. The fraction of sp³-hybridized carbons (Fsp3) is 0. The SMILES string of the molecule is O=C(/C=C(\Cl)c1ccc(/C(Cl)=C/C(=O)C(=O)c2ccccc2)cc1)C(=O)c1ccccc1. The van der Waals surface area contributed by atoms with Gasteiger partial charge in [0.25, 0.3) is 0 Å². The lowest BCUT2D eigenvalue weighted by atomic mass is 10.0. The van der Waals surface area contributed by atoms with Crippen molar-refractivity contribution in [2.24, 2.45) is 0 Å². The molecule has 0 aliphatic rings. The predicted octanol–water partition coefficient (Wildman–Crippen LogP) is 5.75. The minimum absolute atomic E-state index is 0.0845. The molecule has 0 aromatic heterocycles. The molecule has 0 spiro atoms. The molecule has 0 fully saturated rings. The van der Waals surface area contributed by atoms with Gasteiger partial charge in [-0.25, -0.2) is 0 Å². The van der Waals surface area contributed by atoms with Crippen LogP contribution >= 0.6 is 23.2 Å². The summed E-state index contributed by atoms with van der Waals surface area (Å²) in [5, 5.41) is 0.169. The Kier molecular flexibility index (Phi) is 7.66. The van der Waals surface area contributed by atoms with E-state index in [1.807, 2.05) is 0 Å². The van der Waals surface area contributed by atoms with Gasteiger partial charge in [-0.05, 0) is 11.1 Å². The van der Waals surface area contributed by atoms with Gasteiger partial charge in [0.15, 0.2) is 0 Å². The van der Waals surface area contributed by atoms with E-state index in [4.69, 9.17) is 23.2 Å². The van der Waals surface area contributed by atoms with Gasteiger partial charge >= 0.3 is 0 Å². The Morgan fingerprint density at radius 1 is 0.469 bits per heavy atom. The number of hydrogen-bond donors (Lipinski definition) is 0. The zero-order chi connectivity index (χ0) is 23.1. The third kappa shape index (κ3) is 5.76. The molecule has 0 bridgehead atoms. The van der Waals surface area contributed by atoms with Crippen molar-refractivity contribution in [2.75, 3.05) is 0 Å². The zero-order valence-electron chi connectivity index (χ0n) is 16.6. The summed E-state index contributed by atoms with van der Waals surface area (Å²) in [5.74, 6) is -2.80. The molecule has 0 saturated heterocycles. The Balaban J connectivity index is 1.72. The van der Waals surface area contributed by atoms with Gasteiger partial charge < -0.3 is 0 Å². The number of halogens is 2. The highest BCUT2D eigenvalue weighted by atomic mass is 35.5. The molecule has 3 aromatic rings. The maximum Gasteiger partial charge on any atom is 0.232 e. The van der Waals surface area contributed by atoms with Gasteiger partial charge in [-0.15, -0.1) is 0 Å². The lowest BCUT2D eigenvalue weighted by Crippen LogP contribution is -2.11. The average Bonchev–Trinajstić information content (AvgIpc) is 2.84. The van der Waals surface area contributed by atoms with Crippen LogP contribution in [0, 0.1) is 0 Å². The molecule has 4 nitrogen and oxygen atoms in total. The van der Waals surface area contributed by atoms with Crippen LogP contribution in [0.1, 0.15) is 31.8 Å². The van der Waals surface area contributed by atoms with E-state index in [2.05, 4.69) is 0 Å². The molecular weight excluding hydrogens is 447 g/mol. The summed E-state index contributed by atoms with van der Waals surface area (Å²) in [6, 6.07) is 22.7. The van der Waals surface area contributed by atoms with Gasteiger partial charge in [-0.1, -0.05) is 108 Å². The van der Waals surface area contributed by atoms with Crippen molar-refractivity contribution in [2.45, 2.75) is 0 Å². The largest absolute Gasteiger partial charge is 0.285 e. The number of rotatable bonds is 8. The van der Waals surface area contributed by atoms with Crippen LogP contribution in [0.5, 0.6) is 0 Å². The number of hydrogen-bond acceptors (Lipinski definition) is 4.